The van der Waals surface area contributed by atoms with E-state index in [1.54, 1.807) is 0 Å². The maximum atomic E-state index is 13.1. The molecule has 0 aliphatic heterocycles. The Hall–Kier alpha value is -3.54. The van der Waals surface area contributed by atoms with Crippen molar-refractivity contribution in [3.63, 3.8) is 0 Å². The van der Waals surface area contributed by atoms with E-state index >= 15 is 0 Å². The van der Waals surface area contributed by atoms with Gasteiger partial charge < -0.3 is 4.74 Å². The summed E-state index contributed by atoms with van der Waals surface area (Å²) in [6.45, 7) is 3.17. The van der Waals surface area contributed by atoms with Crippen LogP contribution in [0, 0.1) is 0 Å². The summed E-state index contributed by atoms with van der Waals surface area (Å²) in [5.74, 6) is -1.30. The van der Waals surface area contributed by atoms with Crippen LogP contribution >= 0.6 is 11.3 Å². The number of ether oxygens (including phenoxy) is 1. The van der Waals surface area contributed by atoms with Crippen LogP contribution in [0.2, 0.25) is 0 Å². The van der Waals surface area contributed by atoms with Crippen LogP contribution in [0.15, 0.2) is 46.6 Å². The number of aryl methyl sites for hydroxylation is 1. The monoisotopic (exact) mass is 480 g/mol. The molecule has 8 nitrogen and oxygen atoms in total. The number of hydrogen-bond donors (Lipinski definition) is 0. The van der Waals surface area contributed by atoms with Crippen molar-refractivity contribution in [1.29, 1.82) is 0 Å². The zero-order valence-electron chi connectivity index (χ0n) is 17.6. The number of alkyl halides is 3. The number of esters is 1. The second-order valence-electron chi connectivity index (χ2n) is 6.88. The minimum atomic E-state index is -4.56. The molecule has 2 aromatic heterocycles. The zero-order valence-corrected chi connectivity index (χ0v) is 18.4. The minimum Gasteiger partial charge on any atom is -0.454 e. The van der Waals surface area contributed by atoms with Gasteiger partial charge in [-0.3, -0.25) is 14.5 Å². The van der Waals surface area contributed by atoms with E-state index in [1.807, 2.05) is 6.92 Å². The Bertz CT molecular complexity index is 1220. The molecule has 0 bridgehead atoms. The highest BCUT2D eigenvalue weighted by Gasteiger charge is 2.31. The van der Waals surface area contributed by atoms with Gasteiger partial charge in [-0.25, -0.2) is 14.5 Å². The average molecular weight is 480 g/mol. The second kappa shape index (κ2) is 9.94. The molecule has 0 unspecified atom stereocenters. The van der Waals surface area contributed by atoms with E-state index in [2.05, 4.69) is 10.1 Å². The van der Waals surface area contributed by atoms with Crippen molar-refractivity contribution in [2.75, 3.05) is 4.90 Å². The van der Waals surface area contributed by atoms with Gasteiger partial charge in [0.25, 0.3) is 5.56 Å². The van der Waals surface area contributed by atoms with Gasteiger partial charge in [0.2, 0.25) is 5.91 Å². The number of thiazole rings is 1. The molecule has 174 valence electrons. The fourth-order valence-corrected chi connectivity index (χ4v) is 3.73. The van der Waals surface area contributed by atoms with Gasteiger partial charge in [-0.1, -0.05) is 13.0 Å². The van der Waals surface area contributed by atoms with Crippen molar-refractivity contribution in [3.8, 4) is 0 Å². The molecule has 0 spiro atoms. The molecule has 0 radical (unpaired) electrons. The SMILES string of the molecule is CCCn1nc(C(=O)OCc2csc(N(C(C)=O)c3cccc(C(F)(F)F)c3)n2)ccc1=O. The lowest BCUT2D eigenvalue weighted by Crippen LogP contribution is -2.24. The quantitative estimate of drug-likeness (QED) is 0.471. The molecule has 1 aromatic carbocycles. The van der Waals surface area contributed by atoms with Crippen LogP contribution in [0.3, 0.4) is 0 Å². The number of amides is 1. The molecule has 0 saturated carbocycles. The van der Waals surface area contributed by atoms with Crippen LogP contribution in [0.1, 0.15) is 42.0 Å². The van der Waals surface area contributed by atoms with Gasteiger partial charge >= 0.3 is 12.1 Å². The number of anilines is 2. The van der Waals surface area contributed by atoms with Crippen molar-refractivity contribution < 1.29 is 27.5 Å². The lowest BCUT2D eigenvalue weighted by Gasteiger charge is -2.19. The van der Waals surface area contributed by atoms with Crippen molar-refractivity contribution >= 4 is 34.0 Å². The highest BCUT2D eigenvalue weighted by molar-refractivity contribution is 7.14. The number of aromatic nitrogens is 3. The van der Waals surface area contributed by atoms with E-state index in [0.717, 1.165) is 33.1 Å². The highest BCUT2D eigenvalue weighted by atomic mass is 32.1. The van der Waals surface area contributed by atoms with Crippen molar-refractivity contribution in [2.45, 2.75) is 39.6 Å². The lowest BCUT2D eigenvalue weighted by molar-refractivity contribution is -0.137. The Labute approximate surface area is 190 Å². The summed E-state index contributed by atoms with van der Waals surface area (Å²) in [7, 11) is 0. The molecule has 0 N–H and O–H groups in total. The maximum Gasteiger partial charge on any atom is 0.416 e. The second-order valence-corrected chi connectivity index (χ2v) is 7.72. The molecule has 0 saturated heterocycles. The molecule has 1 amide bonds. The normalized spacial score (nSPS) is 11.3. The van der Waals surface area contributed by atoms with Gasteiger partial charge in [0.05, 0.1) is 16.9 Å². The molecular weight excluding hydrogens is 461 g/mol. The molecule has 0 aliphatic carbocycles. The Morgan fingerprint density at radius 2 is 1.97 bits per heavy atom. The van der Waals surface area contributed by atoms with Crippen LogP contribution < -0.4 is 10.5 Å². The first kappa shape index (κ1) is 24.1. The number of hydrogen-bond acceptors (Lipinski definition) is 7. The number of rotatable bonds is 7. The molecule has 12 heteroatoms. The number of carbonyl (C=O) groups excluding carboxylic acids is 2. The first-order valence-corrected chi connectivity index (χ1v) is 10.7. The topological polar surface area (TPSA) is 94.4 Å². The van der Waals surface area contributed by atoms with Gasteiger partial charge in [0, 0.05) is 24.9 Å². The van der Waals surface area contributed by atoms with Crippen LogP contribution in [0.25, 0.3) is 0 Å². The molecule has 3 aromatic rings. The maximum absolute atomic E-state index is 13.1. The van der Waals surface area contributed by atoms with Crippen molar-refractivity contribution in [1.82, 2.24) is 14.8 Å². The van der Waals surface area contributed by atoms with E-state index in [0.29, 0.717) is 18.7 Å². The third-order valence-corrected chi connectivity index (χ3v) is 5.21. The molecule has 0 aliphatic rings. The standard InChI is InChI=1S/C21H19F3N4O4S/c1-3-9-27-18(30)8-7-17(26-27)19(31)32-11-15-12-33-20(25-15)28(13(2)29)16-6-4-5-14(10-16)21(22,23)24/h4-8,10,12H,3,9,11H2,1-2H3. The summed E-state index contributed by atoms with van der Waals surface area (Å²) in [5.41, 5.74) is -0.973. The number of halogens is 3. The Balaban J connectivity index is 1.76. The van der Waals surface area contributed by atoms with E-state index in [1.165, 1.54) is 36.6 Å². The van der Waals surface area contributed by atoms with Gasteiger partial charge in [0.1, 0.15) is 6.61 Å². The third-order valence-electron chi connectivity index (χ3n) is 4.34. The van der Waals surface area contributed by atoms with Crippen LogP contribution in [-0.2, 0) is 28.9 Å². The molecule has 0 atom stereocenters. The molecular formula is C21H19F3N4O4S. The molecule has 2 heterocycles. The van der Waals surface area contributed by atoms with E-state index in [9.17, 15) is 27.6 Å². The highest BCUT2D eigenvalue weighted by Crippen LogP contribution is 2.35. The van der Waals surface area contributed by atoms with E-state index < -0.39 is 23.6 Å². The molecule has 3 rings (SSSR count). The Kier molecular flexibility index (Phi) is 7.26. The zero-order chi connectivity index (χ0) is 24.2. The summed E-state index contributed by atoms with van der Waals surface area (Å²) in [6, 6.07) is 6.82. The van der Waals surface area contributed by atoms with Gasteiger partial charge in [-0.2, -0.15) is 18.3 Å². The third kappa shape index (κ3) is 5.83. The minimum absolute atomic E-state index is 0.0117. The first-order chi connectivity index (χ1) is 15.6. The van der Waals surface area contributed by atoms with Crippen molar-refractivity contribution in [3.05, 3.63) is 69.1 Å². The van der Waals surface area contributed by atoms with Crippen LogP contribution in [-0.4, -0.2) is 26.6 Å². The number of nitrogens with zero attached hydrogens (tertiary/aromatic N) is 4. The Morgan fingerprint density at radius 3 is 2.64 bits per heavy atom. The van der Waals surface area contributed by atoms with Gasteiger partial charge in [-0.05, 0) is 30.7 Å². The predicted molar refractivity (Wildman–Crippen MR) is 114 cm³/mol. The summed E-state index contributed by atoms with van der Waals surface area (Å²) < 4.78 is 45.5. The molecule has 0 fully saturated rings. The van der Waals surface area contributed by atoms with E-state index in [-0.39, 0.29) is 28.7 Å². The average Bonchev–Trinajstić information content (AvgIpc) is 3.21. The first-order valence-electron chi connectivity index (χ1n) is 9.77. The number of carbonyl (C=O) groups is 2. The number of benzene rings is 1. The summed E-state index contributed by atoms with van der Waals surface area (Å²) in [6.07, 6.45) is -3.90. The lowest BCUT2D eigenvalue weighted by atomic mass is 10.2. The van der Waals surface area contributed by atoms with Gasteiger partial charge in [0.15, 0.2) is 10.8 Å². The largest absolute Gasteiger partial charge is 0.454 e. The fraction of sp³-hybridized carbons (Fsp3) is 0.286. The summed E-state index contributed by atoms with van der Waals surface area (Å²) in [5, 5.41) is 5.62. The summed E-state index contributed by atoms with van der Waals surface area (Å²) in [4.78, 5) is 41.4. The smallest absolute Gasteiger partial charge is 0.416 e. The van der Waals surface area contributed by atoms with Gasteiger partial charge in [-0.15, -0.1) is 11.3 Å². The fourth-order valence-electron chi connectivity index (χ4n) is 2.86. The van der Waals surface area contributed by atoms with E-state index in [4.69, 9.17) is 4.74 Å². The predicted octanol–water partition coefficient (Wildman–Crippen LogP) is 4.17. The van der Waals surface area contributed by atoms with Crippen LogP contribution in [0.5, 0.6) is 0 Å². The Morgan fingerprint density at radius 1 is 1.21 bits per heavy atom. The van der Waals surface area contributed by atoms with Crippen molar-refractivity contribution in [2.24, 2.45) is 0 Å². The van der Waals surface area contributed by atoms with Crippen LogP contribution in [0.4, 0.5) is 24.0 Å². The summed E-state index contributed by atoms with van der Waals surface area (Å²) >= 11 is 1.01. The molecule has 33 heavy (non-hydrogen) atoms.